The minimum atomic E-state index is -0.149. The zero-order valence-corrected chi connectivity index (χ0v) is 11.5. The van der Waals surface area contributed by atoms with Crippen LogP contribution < -0.4 is 10.1 Å². The summed E-state index contributed by atoms with van der Waals surface area (Å²) < 4.78 is 10.6. The number of anilines is 1. The molecule has 0 radical (unpaired) electrons. The number of rotatable bonds is 4. The van der Waals surface area contributed by atoms with Crippen LogP contribution in [0.4, 0.5) is 5.82 Å². The number of methoxy groups -OCH3 is 1. The number of halogens is 1. The van der Waals surface area contributed by atoms with E-state index in [2.05, 4.69) is 15.3 Å². The predicted octanol–water partition coefficient (Wildman–Crippen LogP) is 1.99. The number of nitrogens with zero attached hydrogens (tertiary/aromatic N) is 2. The van der Waals surface area contributed by atoms with E-state index in [9.17, 15) is 0 Å². The summed E-state index contributed by atoms with van der Waals surface area (Å²) >= 11 is 6.12. The summed E-state index contributed by atoms with van der Waals surface area (Å²) in [7, 11) is 1.60. The van der Waals surface area contributed by atoms with Crippen molar-refractivity contribution in [3.05, 3.63) is 11.9 Å². The van der Waals surface area contributed by atoms with Gasteiger partial charge in [-0.15, -0.1) is 11.6 Å². The summed E-state index contributed by atoms with van der Waals surface area (Å²) in [6.07, 6.45) is 3.25. The standard InChI is InChI=1S/C12H18ClN3O2/c1-9-10(14-8-15-11(9)17-2)16-12(7-13)3-5-18-6-4-12/h8H,3-7H2,1-2H3,(H,14,15,16). The number of ether oxygens (including phenoxy) is 2. The van der Waals surface area contributed by atoms with Crippen molar-refractivity contribution >= 4 is 17.4 Å². The molecule has 0 unspecified atom stereocenters. The first-order valence-corrected chi connectivity index (χ1v) is 6.52. The Kier molecular flexibility index (Phi) is 4.24. The fourth-order valence-electron chi connectivity index (χ4n) is 2.07. The first-order valence-electron chi connectivity index (χ1n) is 5.98. The highest BCUT2D eigenvalue weighted by Gasteiger charge is 2.32. The normalized spacial score (nSPS) is 18.4. The summed E-state index contributed by atoms with van der Waals surface area (Å²) in [5.41, 5.74) is 0.750. The first-order chi connectivity index (χ1) is 8.71. The van der Waals surface area contributed by atoms with Gasteiger partial charge < -0.3 is 14.8 Å². The predicted molar refractivity (Wildman–Crippen MR) is 70.4 cm³/mol. The second-order valence-electron chi connectivity index (χ2n) is 4.51. The number of aromatic nitrogens is 2. The summed E-state index contributed by atoms with van der Waals surface area (Å²) in [6.45, 7) is 3.38. The summed E-state index contributed by atoms with van der Waals surface area (Å²) in [4.78, 5) is 8.34. The summed E-state index contributed by atoms with van der Waals surface area (Å²) in [5, 5.41) is 3.44. The van der Waals surface area contributed by atoms with Crippen LogP contribution in [0.15, 0.2) is 6.33 Å². The largest absolute Gasteiger partial charge is 0.481 e. The van der Waals surface area contributed by atoms with Gasteiger partial charge in [0.1, 0.15) is 12.1 Å². The second kappa shape index (κ2) is 5.71. The van der Waals surface area contributed by atoms with Gasteiger partial charge in [-0.2, -0.15) is 0 Å². The number of hydrogen-bond donors (Lipinski definition) is 1. The molecule has 5 nitrogen and oxygen atoms in total. The lowest BCUT2D eigenvalue weighted by atomic mass is 9.92. The first kappa shape index (κ1) is 13.4. The lowest BCUT2D eigenvalue weighted by Crippen LogP contribution is -2.45. The molecule has 2 rings (SSSR count). The minimum Gasteiger partial charge on any atom is -0.481 e. The van der Waals surface area contributed by atoms with Crippen molar-refractivity contribution in [2.45, 2.75) is 25.3 Å². The molecule has 0 bridgehead atoms. The molecule has 2 heterocycles. The smallest absolute Gasteiger partial charge is 0.221 e. The van der Waals surface area contributed by atoms with E-state index in [0.717, 1.165) is 37.4 Å². The van der Waals surface area contributed by atoms with Gasteiger partial charge in [-0.1, -0.05) is 0 Å². The lowest BCUT2D eigenvalue weighted by Gasteiger charge is -2.37. The van der Waals surface area contributed by atoms with Gasteiger partial charge in [0, 0.05) is 19.1 Å². The lowest BCUT2D eigenvalue weighted by molar-refractivity contribution is 0.0666. The van der Waals surface area contributed by atoms with E-state index in [-0.39, 0.29) is 5.54 Å². The van der Waals surface area contributed by atoms with Gasteiger partial charge in [-0.3, -0.25) is 0 Å². The molecule has 1 aromatic heterocycles. The maximum absolute atomic E-state index is 6.12. The van der Waals surface area contributed by atoms with Gasteiger partial charge >= 0.3 is 0 Å². The van der Waals surface area contributed by atoms with Gasteiger partial charge in [0.25, 0.3) is 0 Å². The Bertz CT molecular complexity index is 408. The molecule has 0 aliphatic carbocycles. The van der Waals surface area contributed by atoms with E-state index in [1.807, 2.05) is 6.92 Å². The molecule has 0 spiro atoms. The zero-order valence-electron chi connectivity index (χ0n) is 10.7. The molecule has 1 aliphatic heterocycles. The second-order valence-corrected chi connectivity index (χ2v) is 4.78. The van der Waals surface area contributed by atoms with Crippen molar-refractivity contribution in [3.63, 3.8) is 0 Å². The van der Waals surface area contributed by atoms with Crippen molar-refractivity contribution in [2.75, 3.05) is 31.5 Å². The van der Waals surface area contributed by atoms with Crippen LogP contribution in [-0.4, -0.2) is 41.7 Å². The maximum Gasteiger partial charge on any atom is 0.221 e. The Morgan fingerprint density at radius 3 is 2.78 bits per heavy atom. The van der Waals surface area contributed by atoms with Crippen molar-refractivity contribution in [2.24, 2.45) is 0 Å². The fraction of sp³-hybridized carbons (Fsp3) is 0.667. The van der Waals surface area contributed by atoms with Crippen LogP contribution in [0.5, 0.6) is 5.88 Å². The van der Waals surface area contributed by atoms with Crippen LogP contribution in [0.3, 0.4) is 0 Å². The fourth-order valence-corrected chi connectivity index (χ4v) is 2.41. The topological polar surface area (TPSA) is 56.3 Å². The average Bonchev–Trinajstić information content (AvgIpc) is 2.42. The molecule has 0 amide bonds. The SMILES string of the molecule is COc1ncnc(NC2(CCl)CCOCC2)c1C. The Balaban J connectivity index is 2.21. The van der Waals surface area contributed by atoms with E-state index in [0.29, 0.717) is 11.8 Å². The Morgan fingerprint density at radius 2 is 2.17 bits per heavy atom. The average molecular weight is 272 g/mol. The third kappa shape index (κ3) is 2.67. The third-order valence-electron chi connectivity index (χ3n) is 3.32. The van der Waals surface area contributed by atoms with Crippen LogP contribution in [0.1, 0.15) is 18.4 Å². The minimum absolute atomic E-state index is 0.149. The molecule has 0 atom stereocenters. The highest BCUT2D eigenvalue weighted by molar-refractivity contribution is 6.18. The summed E-state index contributed by atoms with van der Waals surface area (Å²) in [6, 6.07) is 0. The number of alkyl halides is 1. The van der Waals surface area contributed by atoms with Gasteiger partial charge in [0.2, 0.25) is 5.88 Å². The number of nitrogens with one attached hydrogen (secondary N) is 1. The molecule has 0 saturated carbocycles. The molecule has 1 N–H and O–H groups in total. The highest BCUT2D eigenvalue weighted by atomic mass is 35.5. The van der Waals surface area contributed by atoms with E-state index in [4.69, 9.17) is 21.1 Å². The molecule has 18 heavy (non-hydrogen) atoms. The van der Waals surface area contributed by atoms with Crippen LogP contribution in [0.25, 0.3) is 0 Å². The highest BCUT2D eigenvalue weighted by Crippen LogP contribution is 2.29. The van der Waals surface area contributed by atoms with Crippen molar-refractivity contribution < 1.29 is 9.47 Å². The van der Waals surface area contributed by atoms with Gasteiger partial charge in [0.15, 0.2) is 0 Å². The molecule has 100 valence electrons. The van der Waals surface area contributed by atoms with E-state index >= 15 is 0 Å². The van der Waals surface area contributed by atoms with Crippen LogP contribution >= 0.6 is 11.6 Å². The van der Waals surface area contributed by atoms with Crippen molar-refractivity contribution in [3.8, 4) is 5.88 Å². The van der Waals surface area contributed by atoms with E-state index in [1.54, 1.807) is 7.11 Å². The molecule has 1 saturated heterocycles. The summed E-state index contributed by atoms with van der Waals surface area (Å²) in [5.74, 6) is 1.90. The van der Waals surface area contributed by atoms with Crippen LogP contribution in [0.2, 0.25) is 0 Å². The van der Waals surface area contributed by atoms with Gasteiger partial charge in [-0.05, 0) is 19.8 Å². The van der Waals surface area contributed by atoms with Crippen LogP contribution in [0, 0.1) is 6.92 Å². The van der Waals surface area contributed by atoms with E-state index < -0.39 is 0 Å². The van der Waals surface area contributed by atoms with Gasteiger partial charge in [0.05, 0.1) is 18.2 Å². The zero-order chi connectivity index (χ0) is 13.0. The van der Waals surface area contributed by atoms with E-state index in [1.165, 1.54) is 6.33 Å². The molecular weight excluding hydrogens is 254 g/mol. The third-order valence-corrected chi connectivity index (χ3v) is 3.83. The molecular formula is C12H18ClN3O2. The Labute approximate surface area is 112 Å². The van der Waals surface area contributed by atoms with Gasteiger partial charge in [-0.25, -0.2) is 9.97 Å². The van der Waals surface area contributed by atoms with Crippen molar-refractivity contribution in [1.29, 1.82) is 0 Å². The molecule has 1 aromatic rings. The Hall–Kier alpha value is -1.07. The van der Waals surface area contributed by atoms with Crippen molar-refractivity contribution in [1.82, 2.24) is 9.97 Å². The molecule has 0 aromatic carbocycles. The molecule has 6 heteroatoms. The number of hydrogen-bond acceptors (Lipinski definition) is 5. The monoisotopic (exact) mass is 271 g/mol. The quantitative estimate of drug-likeness (QED) is 0.849. The Morgan fingerprint density at radius 1 is 1.44 bits per heavy atom. The molecule has 1 fully saturated rings. The molecule has 1 aliphatic rings. The van der Waals surface area contributed by atoms with Crippen LogP contribution in [-0.2, 0) is 4.74 Å². The maximum atomic E-state index is 6.12.